The van der Waals surface area contributed by atoms with Crippen molar-refractivity contribution in [1.29, 1.82) is 0 Å². The molecule has 1 rings (SSSR count). The molecule has 0 unspecified atom stereocenters. The molecule has 0 aliphatic carbocycles. The van der Waals surface area contributed by atoms with Crippen LogP contribution < -0.4 is 5.32 Å². The second-order valence-electron chi connectivity index (χ2n) is 4.30. The largest absolute Gasteiger partial charge is 0.308 e. The standard InChI is InChI=1S/C11H18N2S/c1-5-6-12-7-9-8-13-10(14-9)11(2,3)4/h5,8,12H,1,6-7H2,2-4H3. The van der Waals surface area contributed by atoms with E-state index in [1.54, 1.807) is 11.3 Å². The van der Waals surface area contributed by atoms with Crippen LogP contribution in [0, 0.1) is 0 Å². The zero-order valence-electron chi connectivity index (χ0n) is 9.13. The van der Waals surface area contributed by atoms with Gasteiger partial charge in [0.1, 0.15) is 0 Å². The molecule has 0 atom stereocenters. The lowest BCUT2D eigenvalue weighted by Crippen LogP contribution is -2.11. The van der Waals surface area contributed by atoms with Gasteiger partial charge in [-0.05, 0) is 0 Å². The zero-order chi connectivity index (χ0) is 10.6. The van der Waals surface area contributed by atoms with Crippen LogP contribution in [0.3, 0.4) is 0 Å². The van der Waals surface area contributed by atoms with Gasteiger partial charge in [0, 0.05) is 29.6 Å². The summed E-state index contributed by atoms with van der Waals surface area (Å²) in [6.45, 7) is 12.0. The first kappa shape index (κ1) is 11.4. The average molecular weight is 210 g/mol. The fourth-order valence-corrected chi connectivity index (χ4v) is 1.97. The van der Waals surface area contributed by atoms with Crippen molar-refractivity contribution in [2.24, 2.45) is 0 Å². The van der Waals surface area contributed by atoms with Gasteiger partial charge in [-0.3, -0.25) is 0 Å². The summed E-state index contributed by atoms with van der Waals surface area (Å²) in [5, 5.41) is 4.47. The Hall–Kier alpha value is -0.670. The first-order chi connectivity index (χ1) is 6.54. The number of nitrogens with zero attached hydrogens (tertiary/aromatic N) is 1. The normalized spacial score (nSPS) is 11.6. The van der Waals surface area contributed by atoms with Crippen LogP contribution in [0.5, 0.6) is 0 Å². The fraction of sp³-hybridized carbons (Fsp3) is 0.545. The molecular formula is C11H18N2S. The van der Waals surface area contributed by atoms with Crippen molar-refractivity contribution in [3.8, 4) is 0 Å². The third-order valence-electron chi connectivity index (χ3n) is 1.78. The van der Waals surface area contributed by atoms with Gasteiger partial charge in [0.05, 0.1) is 5.01 Å². The lowest BCUT2D eigenvalue weighted by molar-refractivity contribution is 0.585. The molecule has 0 aromatic carbocycles. The molecule has 3 heteroatoms. The lowest BCUT2D eigenvalue weighted by Gasteiger charge is -2.13. The van der Waals surface area contributed by atoms with Crippen LogP contribution in [0.25, 0.3) is 0 Å². The van der Waals surface area contributed by atoms with E-state index in [1.807, 2.05) is 12.3 Å². The maximum absolute atomic E-state index is 4.42. The van der Waals surface area contributed by atoms with Gasteiger partial charge in [-0.25, -0.2) is 4.98 Å². The average Bonchev–Trinajstić information content (AvgIpc) is 2.52. The molecule has 0 saturated heterocycles. The van der Waals surface area contributed by atoms with E-state index in [1.165, 1.54) is 9.88 Å². The Morgan fingerprint density at radius 2 is 2.29 bits per heavy atom. The molecule has 1 heterocycles. The predicted octanol–water partition coefficient (Wildman–Crippen LogP) is 2.72. The maximum Gasteiger partial charge on any atom is 0.0981 e. The van der Waals surface area contributed by atoms with E-state index >= 15 is 0 Å². The summed E-state index contributed by atoms with van der Waals surface area (Å²) < 4.78 is 0. The topological polar surface area (TPSA) is 24.9 Å². The predicted molar refractivity (Wildman–Crippen MR) is 62.7 cm³/mol. The van der Waals surface area contributed by atoms with E-state index in [0.717, 1.165) is 13.1 Å². The van der Waals surface area contributed by atoms with Crippen molar-refractivity contribution >= 4 is 11.3 Å². The van der Waals surface area contributed by atoms with E-state index in [-0.39, 0.29) is 5.41 Å². The molecule has 1 aromatic heterocycles. The van der Waals surface area contributed by atoms with Gasteiger partial charge in [-0.15, -0.1) is 17.9 Å². The molecule has 0 aliphatic heterocycles. The smallest absolute Gasteiger partial charge is 0.0981 e. The van der Waals surface area contributed by atoms with Crippen LogP contribution in [0.4, 0.5) is 0 Å². The highest BCUT2D eigenvalue weighted by Crippen LogP contribution is 2.26. The fourth-order valence-electron chi connectivity index (χ4n) is 1.03. The lowest BCUT2D eigenvalue weighted by atomic mass is 9.98. The quantitative estimate of drug-likeness (QED) is 0.610. The van der Waals surface area contributed by atoms with E-state index in [4.69, 9.17) is 0 Å². The highest BCUT2D eigenvalue weighted by molar-refractivity contribution is 7.11. The Morgan fingerprint density at radius 1 is 1.57 bits per heavy atom. The van der Waals surface area contributed by atoms with Crippen molar-refractivity contribution < 1.29 is 0 Å². The van der Waals surface area contributed by atoms with Crippen LogP contribution in [0.1, 0.15) is 30.7 Å². The number of nitrogens with one attached hydrogen (secondary N) is 1. The molecule has 0 saturated carbocycles. The third kappa shape index (κ3) is 3.24. The molecule has 1 N–H and O–H groups in total. The van der Waals surface area contributed by atoms with Crippen molar-refractivity contribution in [2.75, 3.05) is 6.54 Å². The van der Waals surface area contributed by atoms with Crippen LogP contribution in [0.15, 0.2) is 18.9 Å². The number of aromatic nitrogens is 1. The minimum Gasteiger partial charge on any atom is -0.308 e. The van der Waals surface area contributed by atoms with Gasteiger partial charge in [0.25, 0.3) is 0 Å². The molecule has 0 fully saturated rings. The highest BCUT2D eigenvalue weighted by atomic mass is 32.1. The van der Waals surface area contributed by atoms with Gasteiger partial charge in [-0.1, -0.05) is 26.8 Å². The number of hydrogen-bond acceptors (Lipinski definition) is 3. The molecule has 2 nitrogen and oxygen atoms in total. The van der Waals surface area contributed by atoms with Gasteiger partial charge < -0.3 is 5.32 Å². The molecular weight excluding hydrogens is 192 g/mol. The molecule has 14 heavy (non-hydrogen) atoms. The van der Waals surface area contributed by atoms with E-state index in [2.05, 4.69) is 37.7 Å². The Morgan fingerprint density at radius 3 is 2.79 bits per heavy atom. The Balaban J connectivity index is 2.55. The molecule has 0 bridgehead atoms. The second-order valence-corrected chi connectivity index (χ2v) is 5.42. The molecule has 0 amide bonds. The van der Waals surface area contributed by atoms with Crippen molar-refractivity contribution in [3.63, 3.8) is 0 Å². The third-order valence-corrected chi connectivity index (χ3v) is 3.21. The van der Waals surface area contributed by atoms with Crippen LogP contribution in [0.2, 0.25) is 0 Å². The summed E-state index contributed by atoms with van der Waals surface area (Å²) in [7, 11) is 0. The summed E-state index contributed by atoms with van der Waals surface area (Å²) in [6, 6.07) is 0. The summed E-state index contributed by atoms with van der Waals surface area (Å²) in [5.74, 6) is 0. The van der Waals surface area contributed by atoms with Crippen LogP contribution in [-0.2, 0) is 12.0 Å². The monoisotopic (exact) mass is 210 g/mol. The number of thiazole rings is 1. The molecule has 0 radical (unpaired) electrons. The number of rotatable bonds is 4. The maximum atomic E-state index is 4.42. The molecule has 0 spiro atoms. The molecule has 1 aromatic rings. The van der Waals surface area contributed by atoms with E-state index < -0.39 is 0 Å². The summed E-state index contributed by atoms with van der Waals surface area (Å²) >= 11 is 1.78. The highest BCUT2D eigenvalue weighted by Gasteiger charge is 2.17. The van der Waals surface area contributed by atoms with Gasteiger partial charge in [0.15, 0.2) is 0 Å². The Bertz CT molecular complexity index is 296. The van der Waals surface area contributed by atoms with Crippen molar-refractivity contribution in [2.45, 2.75) is 32.7 Å². The van der Waals surface area contributed by atoms with E-state index in [0.29, 0.717) is 0 Å². The zero-order valence-corrected chi connectivity index (χ0v) is 9.95. The molecule has 0 aliphatic rings. The minimum atomic E-state index is 0.168. The summed E-state index contributed by atoms with van der Waals surface area (Å²) in [4.78, 5) is 5.71. The van der Waals surface area contributed by atoms with Crippen LogP contribution in [-0.4, -0.2) is 11.5 Å². The van der Waals surface area contributed by atoms with Gasteiger partial charge in [-0.2, -0.15) is 0 Å². The molecule has 78 valence electrons. The first-order valence-corrected chi connectivity index (χ1v) is 5.62. The summed E-state index contributed by atoms with van der Waals surface area (Å²) in [6.07, 6.45) is 3.83. The van der Waals surface area contributed by atoms with Gasteiger partial charge in [0.2, 0.25) is 0 Å². The minimum absolute atomic E-state index is 0.168. The first-order valence-electron chi connectivity index (χ1n) is 4.81. The second kappa shape index (κ2) is 4.71. The van der Waals surface area contributed by atoms with Crippen molar-refractivity contribution in [3.05, 3.63) is 28.7 Å². The van der Waals surface area contributed by atoms with Crippen molar-refractivity contribution in [1.82, 2.24) is 10.3 Å². The van der Waals surface area contributed by atoms with E-state index in [9.17, 15) is 0 Å². The number of hydrogen-bond donors (Lipinski definition) is 1. The Kier molecular flexibility index (Phi) is 3.84. The Labute approximate surface area is 90.1 Å². The SMILES string of the molecule is C=CCNCc1cnc(C(C)(C)C)s1. The van der Waals surface area contributed by atoms with Crippen LogP contribution >= 0.6 is 11.3 Å². The summed E-state index contributed by atoms with van der Waals surface area (Å²) in [5.41, 5.74) is 0.168. The van der Waals surface area contributed by atoms with Gasteiger partial charge >= 0.3 is 0 Å².